The van der Waals surface area contributed by atoms with E-state index in [2.05, 4.69) is 11.1 Å². The number of benzene rings is 1. The molecular weight excluding hydrogens is 272 g/mol. The van der Waals surface area contributed by atoms with Gasteiger partial charge in [0, 0.05) is 17.6 Å². The highest BCUT2D eigenvalue weighted by Crippen LogP contribution is 2.28. The number of nitrogens with zero attached hydrogens (tertiary/aromatic N) is 1. The van der Waals surface area contributed by atoms with E-state index in [1.54, 1.807) is 6.20 Å². The third-order valence-corrected chi connectivity index (χ3v) is 5.81. The lowest BCUT2D eigenvalue weighted by molar-refractivity contribution is 0.481. The van der Waals surface area contributed by atoms with Crippen LogP contribution in [0.15, 0.2) is 36.5 Å². The average molecular weight is 290 g/mol. The molecule has 3 rings (SSSR count). The number of hydrogen-bond donors (Lipinski definition) is 1. The van der Waals surface area contributed by atoms with E-state index in [9.17, 15) is 8.42 Å². The summed E-state index contributed by atoms with van der Waals surface area (Å²) in [4.78, 5) is 4.28. The Morgan fingerprint density at radius 1 is 1.35 bits per heavy atom. The van der Waals surface area contributed by atoms with Crippen LogP contribution >= 0.6 is 0 Å². The van der Waals surface area contributed by atoms with E-state index in [0.29, 0.717) is 5.75 Å². The van der Waals surface area contributed by atoms with E-state index < -0.39 is 9.84 Å². The minimum absolute atomic E-state index is 0.113. The van der Waals surface area contributed by atoms with Crippen LogP contribution in [0.5, 0.6) is 0 Å². The van der Waals surface area contributed by atoms with E-state index in [0.717, 1.165) is 29.3 Å². The molecule has 2 heterocycles. The van der Waals surface area contributed by atoms with Gasteiger partial charge in [-0.15, -0.1) is 0 Å². The van der Waals surface area contributed by atoms with Crippen LogP contribution in [-0.4, -0.2) is 24.9 Å². The zero-order valence-corrected chi connectivity index (χ0v) is 12.0. The van der Waals surface area contributed by atoms with Gasteiger partial charge in [-0.05, 0) is 42.5 Å². The van der Waals surface area contributed by atoms with E-state index in [1.165, 1.54) is 0 Å². The maximum Gasteiger partial charge on any atom is 0.150 e. The molecule has 5 heteroatoms. The summed E-state index contributed by atoms with van der Waals surface area (Å²) in [6, 6.07) is 9.81. The molecule has 20 heavy (non-hydrogen) atoms. The minimum atomic E-state index is -2.82. The van der Waals surface area contributed by atoms with Crippen LogP contribution in [0.3, 0.4) is 0 Å². The Morgan fingerprint density at radius 3 is 2.95 bits per heavy atom. The van der Waals surface area contributed by atoms with Gasteiger partial charge in [-0.25, -0.2) is 8.42 Å². The molecule has 106 valence electrons. The fourth-order valence-corrected chi connectivity index (χ4v) is 4.76. The molecule has 2 aromatic rings. The summed E-state index contributed by atoms with van der Waals surface area (Å²) in [5, 5.41) is 1.07. The first-order valence-corrected chi connectivity index (χ1v) is 8.66. The summed E-state index contributed by atoms with van der Waals surface area (Å²) >= 11 is 0. The Labute approximate surface area is 118 Å². The fourth-order valence-electron chi connectivity index (χ4n) is 2.88. The quantitative estimate of drug-likeness (QED) is 0.939. The molecule has 2 N–H and O–H groups in total. The largest absolute Gasteiger partial charge is 0.324 e. The van der Waals surface area contributed by atoms with Crippen molar-refractivity contribution < 1.29 is 8.42 Å². The molecule has 1 saturated heterocycles. The number of aromatic nitrogens is 1. The highest BCUT2D eigenvalue weighted by molar-refractivity contribution is 7.91. The second-order valence-electron chi connectivity index (χ2n) is 5.57. The third kappa shape index (κ3) is 2.83. The van der Waals surface area contributed by atoms with Gasteiger partial charge in [-0.2, -0.15) is 0 Å². The number of pyridine rings is 1. The SMILES string of the molecule is NC(CC1CCS(=O)(=O)C1)c1ccc2ncccc2c1. The van der Waals surface area contributed by atoms with E-state index in [-0.39, 0.29) is 17.7 Å². The molecule has 0 radical (unpaired) electrons. The lowest BCUT2D eigenvalue weighted by Gasteiger charge is -2.16. The van der Waals surface area contributed by atoms with Crippen LogP contribution in [0.4, 0.5) is 0 Å². The molecule has 4 nitrogen and oxygen atoms in total. The Bertz CT molecular complexity index is 727. The van der Waals surface area contributed by atoms with Gasteiger partial charge < -0.3 is 5.73 Å². The highest BCUT2D eigenvalue weighted by atomic mass is 32.2. The van der Waals surface area contributed by atoms with Gasteiger partial charge >= 0.3 is 0 Å². The summed E-state index contributed by atoms with van der Waals surface area (Å²) in [7, 11) is -2.82. The summed E-state index contributed by atoms with van der Waals surface area (Å²) in [5.41, 5.74) is 8.24. The van der Waals surface area contributed by atoms with Crippen molar-refractivity contribution in [1.82, 2.24) is 4.98 Å². The maximum atomic E-state index is 11.5. The number of rotatable bonds is 3. The lowest BCUT2D eigenvalue weighted by Crippen LogP contribution is -2.16. The van der Waals surface area contributed by atoms with Crippen molar-refractivity contribution in [2.45, 2.75) is 18.9 Å². The topological polar surface area (TPSA) is 73.1 Å². The van der Waals surface area contributed by atoms with E-state index in [1.807, 2.05) is 24.3 Å². The minimum Gasteiger partial charge on any atom is -0.324 e. The predicted octanol–water partition coefficient (Wildman–Crippen LogP) is 2.06. The standard InChI is InChI=1S/C15H18N2O2S/c16-14(8-11-5-7-20(18,19)10-11)12-3-4-15-13(9-12)2-1-6-17-15/h1-4,6,9,11,14H,5,7-8,10,16H2. The maximum absolute atomic E-state index is 11.5. The third-order valence-electron chi connectivity index (χ3n) is 3.97. The van der Waals surface area contributed by atoms with Crippen LogP contribution in [0, 0.1) is 5.92 Å². The molecule has 0 amide bonds. The van der Waals surface area contributed by atoms with Crippen molar-refractivity contribution in [3.63, 3.8) is 0 Å². The van der Waals surface area contributed by atoms with Crippen LogP contribution in [0.25, 0.3) is 10.9 Å². The van der Waals surface area contributed by atoms with Crippen LogP contribution in [0.1, 0.15) is 24.4 Å². The van der Waals surface area contributed by atoms with Crippen molar-refractivity contribution in [2.24, 2.45) is 11.7 Å². The van der Waals surface area contributed by atoms with Gasteiger partial charge in [-0.1, -0.05) is 12.1 Å². The van der Waals surface area contributed by atoms with Crippen LogP contribution < -0.4 is 5.73 Å². The first-order chi connectivity index (χ1) is 9.53. The number of sulfone groups is 1. The van der Waals surface area contributed by atoms with Gasteiger partial charge in [0.2, 0.25) is 0 Å². The van der Waals surface area contributed by atoms with Gasteiger partial charge in [0.05, 0.1) is 17.0 Å². The van der Waals surface area contributed by atoms with Crippen molar-refractivity contribution in [3.05, 3.63) is 42.1 Å². The van der Waals surface area contributed by atoms with Crippen molar-refractivity contribution >= 4 is 20.7 Å². The molecule has 2 atom stereocenters. The lowest BCUT2D eigenvalue weighted by atomic mass is 9.94. The smallest absolute Gasteiger partial charge is 0.150 e. The monoisotopic (exact) mass is 290 g/mol. The molecule has 0 spiro atoms. The van der Waals surface area contributed by atoms with Crippen LogP contribution in [-0.2, 0) is 9.84 Å². The molecule has 2 unspecified atom stereocenters. The van der Waals surface area contributed by atoms with Gasteiger partial charge in [0.15, 0.2) is 9.84 Å². The Balaban J connectivity index is 1.77. The zero-order valence-electron chi connectivity index (χ0n) is 11.2. The predicted molar refractivity (Wildman–Crippen MR) is 80.0 cm³/mol. The summed E-state index contributed by atoms with van der Waals surface area (Å²) < 4.78 is 23.0. The molecule has 1 fully saturated rings. The highest BCUT2D eigenvalue weighted by Gasteiger charge is 2.29. The van der Waals surface area contributed by atoms with Gasteiger partial charge in [0.25, 0.3) is 0 Å². The molecule has 1 aromatic heterocycles. The second-order valence-corrected chi connectivity index (χ2v) is 7.80. The molecule has 1 aliphatic heterocycles. The van der Waals surface area contributed by atoms with Gasteiger partial charge in [-0.3, -0.25) is 4.98 Å². The van der Waals surface area contributed by atoms with E-state index >= 15 is 0 Å². The Morgan fingerprint density at radius 2 is 2.20 bits per heavy atom. The average Bonchev–Trinajstić information content (AvgIpc) is 2.77. The first-order valence-electron chi connectivity index (χ1n) is 6.84. The first kappa shape index (κ1) is 13.5. The van der Waals surface area contributed by atoms with E-state index in [4.69, 9.17) is 5.73 Å². The second kappa shape index (κ2) is 5.14. The summed E-state index contributed by atoms with van der Waals surface area (Å²) in [6.45, 7) is 0. The Kier molecular flexibility index (Phi) is 3.48. The summed E-state index contributed by atoms with van der Waals surface area (Å²) in [6.07, 6.45) is 3.24. The van der Waals surface area contributed by atoms with Crippen molar-refractivity contribution in [3.8, 4) is 0 Å². The molecule has 1 aliphatic rings. The molecular formula is C15H18N2O2S. The Hall–Kier alpha value is -1.46. The normalized spacial score (nSPS) is 22.9. The molecule has 0 aliphatic carbocycles. The van der Waals surface area contributed by atoms with Crippen molar-refractivity contribution in [1.29, 1.82) is 0 Å². The molecule has 0 saturated carbocycles. The number of hydrogen-bond acceptors (Lipinski definition) is 4. The van der Waals surface area contributed by atoms with Crippen molar-refractivity contribution in [2.75, 3.05) is 11.5 Å². The molecule has 1 aromatic carbocycles. The number of nitrogens with two attached hydrogens (primary N) is 1. The number of fused-ring (bicyclic) bond motifs is 1. The fraction of sp³-hybridized carbons (Fsp3) is 0.400. The molecule has 0 bridgehead atoms. The summed E-state index contributed by atoms with van der Waals surface area (Å²) in [5.74, 6) is 0.793. The zero-order chi connectivity index (χ0) is 14.2. The van der Waals surface area contributed by atoms with Crippen LogP contribution in [0.2, 0.25) is 0 Å². The van der Waals surface area contributed by atoms with Gasteiger partial charge in [0.1, 0.15) is 0 Å².